The summed E-state index contributed by atoms with van der Waals surface area (Å²) >= 11 is 0. The van der Waals surface area contributed by atoms with Gasteiger partial charge in [-0.1, -0.05) is 18.2 Å². The Bertz CT molecular complexity index is 856. The normalized spacial score (nSPS) is 14.2. The van der Waals surface area contributed by atoms with Gasteiger partial charge in [-0.3, -0.25) is 14.6 Å². The van der Waals surface area contributed by atoms with Crippen LogP contribution in [0.2, 0.25) is 0 Å². The number of carbonyl (C=O) groups excluding carboxylic acids is 2. The van der Waals surface area contributed by atoms with E-state index in [9.17, 15) is 14.7 Å². The van der Waals surface area contributed by atoms with Crippen molar-refractivity contribution < 1.29 is 14.7 Å². The summed E-state index contributed by atoms with van der Waals surface area (Å²) in [4.78, 5) is 29.9. The molecule has 1 aliphatic rings. The van der Waals surface area contributed by atoms with Crippen LogP contribution in [0.3, 0.4) is 0 Å². The van der Waals surface area contributed by atoms with Crippen molar-refractivity contribution in [3.63, 3.8) is 0 Å². The molecule has 2 N–H and O–H groups in total. The number of benzene rings is 1. The topological polar surface area (TPSA) is 82.5 Å². The van der Waals surface area contributed by atoms with Crippen molar-refractivity contribution in [1.82, 2.24) is 10.3 Å². The van der Waals surface area contributed by atoms with E-state index in [0.29, 0.717) is 6.42 Å². The van der Waals surface area contributed by atoms with Crippen LogP contribution in [-0.4, -0.2) is 34.6 Å². The zero-order valence-electron chi connectivity index (χ0n) is 15.2. The van der Waals surface area contributed by atoms with Crippen LogP contribution in [0.15, 0.2) is 36.7 Å². The molecule has 6 nitrogen and oxygen atoms in total. The lowest BCUT2D eigenvalue weighted by Crippen LogP contribution is -2.41. The molecule has 0 spiro atoms. The molecule has 26 heavy (non-hydrogen) atoms. The smallest absolute Gasteiger partial charge is 0.251 e. The van der Waals surface area contributed by atoms with Crippen molar-refractivity contribution in [3.05, 3.63) is 47.8 Å². The second-order valence-electron chi connectivity index (χ2n) is 7.09. The first-order valence-electron chi connectivity index (χ1n) is 8.61. The Morgan fingerprint density at radius 1 is 1.31 bits per heavy atom. The highest BCUT2D eigenvalue weighted by atomic mass is 16.3. The van der Waals surface area contributed by atoms with Gasteiger partial charge in [0.25, 0.3) is 5.91 Å². The van der Waals surface area contributed by atoms with Crippen LogP contribution in [-0.2, 0) is 22.6 Å². The number of hydrogen-bond acceptors (Lipinski definition) is 4. The number of anilines is 1. The lowest BCUT2D eigenvalue weighted by atomic mass is 9.94. The first kappa shape index (κ1) is 18.1. The molecule has 0 saturated carbocycles. The Morgan fingerprint density at radius 2 is 2.08 bits per heavy atom. The minimum absolute atomic E-state index is 0.103. The molecular formula is C20H23N3O3. The Labute approximate surface area is 152 Å². The van der Waals surface area contributed by atoms with Crippen molar-refractivity contribution in [1.29, 1.82) is 0 Å². The number of rotatable bonds is 4. The third-order valence-corrected chi connectivity index (χ3v) is 4.55. The fraction of sp³-hybridized carbons (Fsp3) is 0.350. The number of para-hydroxylation sites is 1. The number of aromatic nitrogens is 1. The summed E-state index contributed by atoms with van der Waals surface area (Å²) in [6.45, 7) is 3.16. The molecule has 0 bridgehead atoms. The molecule has 2 heterocycles. The number of aliphatic hydroxyl groups is 1. The second-order valence-corrected chi connectivity index (χ2v) is 7.09. The molecule has 0 unspecified atom stereocenters. The molecule has 6 heteroatoms. The second kappa shape index (κ2) is 6.88. The van der Waals surface area contributed by atoms with Gasteiger partial charge in [0, 0.05) is 43.5 Å². The molecule has 1 aromatic carbocycles. The minimum atomic E-state index is -1.42. The first-order chi connectivity index (χ1) is 12.3. The molecule has 0 aliphatic carbocycles. The largest absolute Gasteiger partial charge is 0.381 e. The predicted octanol–water partition coefficient (Wildman–Crippen LogP) is 2.04. The van der Waals surface area contributed by atoms with Crippen LogP contribution >= 0.6 is 0 Å². The van der Waals surface area contributed by atoms with Crippen molar-refractivity contribution in [2.75, 3.05) is 11.9 Å². The molecular weight excluding hydrogens is 330 g/mol. The number of nitrogens with zero attached hydrogens (tertiary/aromatic N) is 2. The molecule has 0 atom stereocenters. The molecule has 136 valence electrons. The molecule has 0 saturated heterocycles. The number of aryl methyl sites for hydroxylation is 1. The van der Waals surface area contributed by atoms with Crippen LogP contribution in [0, 0.1) is 0 Å². The van der Waals surface area contributed by atoms with Crippen molar-refractivity contribution in [2.24, 2.45) is 0 Å². The molecule has 1 aliphatic heterocycles. The van der Waals surface area contributed by atoms with E-state index in [1.165, 1.54) is 13.8 Å². The fourth-order valence-corrected chi connectivity index (χ4v) is 3.09. The summed E-state index contributed by atoms with van der Waals surface area (Å²) in [5, 5.41) is 12.4. The minimum Gasteiger partial charge on any atom is -0.381 e. The summed E-state index contributed by atoms with van der Waals surface area (Å²) in [7, 11) is 1.80. The fourth-order valence-electron chi connectivity index (χ4n) is 3.09. The molecule has 2 aromatic rings. The quantitative estimate of drug-likeness (QED) is 0.881. The maximum absolute atomic E-state index is 12.1. The number of amides is 2. The number of carbonyl (C=O) groups is 2. The van der Waals surface area contributed by atoms with Crippen LogP contribution in [0.4, 0.5) is 5.69 Å². The van der Waals surface area contributed by atoms with E-state index in [2.05, 4.69) is 10.3 Å². The van der Waals surface area contributed by atoms with Crippen molar-refractivity contribution >= 4 is 17.5 Å². The van der Waals surface area contributed by atoms with Crippen LogP contribution in [0.5, 0.6) is 0 Å². The Morgan fingerprint density at radius 3 is 2.81 bits per heavy atom. The number of nitrogens with one attached hydrogen (secondary N) is 1. The predicted molar refractivity (Wildman–Crippen MR) is 99.5 cm³/mol. The lowest BCUT2D eigenvalue weighted by molar-refractivity contribution is -0.136. The zero-order valence-corrected chi connectivity index (χ0v) is 15.2. The molecule has 1 aromatic heterocycles. The zero-order chi connectivity index (χ0) is 18.9. The number of pyridine rings is 1. The van der Waals surface area contributed by atoms with Crippen LogP contribution < -0.4 is 10.2 Å². The summed E-state index contributed by atoms with van der Waals surface area (Å²) in [5.74, 6) is -0.336. The van der Waals surface area contributed by atoms with Gasteiger partial charge in [-0.2, -0.15) is 0 Å². The Hall–Kier alpha value is -2.73. The van der Waals surface area contributed by atoms with Crippen LogP contribution in [0.25, 0.3) is 11.1 Å². The van der Waals surface area contributed by atoms with E-state index < -0.39 is 11.5 Å². The maximum Gasteiger partial charge on any atom is 0.251 e. The van der Waals surface area contributed by atoms with E-state index in [1.54, 1.807) is 24.3 Å². The molecule has 0 radical (unpaired) electrons. The Balaban J connectivity index is 1.90. The van der Waals surface area contributed by atoms with Gasteiger partial charge in [-0.25, -0.2) is 0 Å². The van der Waals surface area contributed by atoms with Gasteiger partial charge in [-0.05, 0) is 37.5 Å². The van der Waals surface area contributed by atoms with E-state index in [0.717, 1.165) is 34.4 Å². The third kappa shape index (κ3) is 3.60. The number of fused-ring (bicyclic) bond motifs is 1. The first-order valence-corrected chi connectivity index (χ1v) is 8.61. The Kier molecular flexibility index (Phi) is 4.78. The number of hydrogen-bond donors (Lipinski definition) is 2. The van der Waals surface area contributed by atoms with Crippen molar-refractivity contribution in [2.45, 2.75) is 38.8 Å². The maximum atomic E-state index is 12.1. The van der Waals surface area contributed by atoms with E-state index >= 15 is 0 Å². The van der Waals surface area contributed by atoms with Gasteiger partial charge in [-0.15, -0.1) is 0 Å². The highest BCUT2D eigenvalue weighted by Gasteiger charge is 2.25. The molecule has 2 amide bonds. The summed E-state index contributed by atoms with van der Waals surface area (Å²) < 4.78 is 0. The van der Waals surface area contributed by atoms with Gasteiger partial charge in [0.2, 0.25) is 5.91 Å². The molecule has 0 fully saturated rings. The molecule has 3 rings (SSSR count). The standard InChI is InChI=1S/C20H23N3O3/c1-20(2,26)19(25)22-11-13-9-15(12-21-10-13)16-6-4-5-14-7-8-17(24)23(3)18(14)16/h4-6,9-10,12,26H,7-8,11H2,1-3H3,(H,22,25). The van der Waals surface area contributed by atoms with Gasteiger partial charge in [0.1, 0.15) is 5.60 Å². The monoisotopic (exact) mass is 353 g/mol. The van der Waals surface area contributed by atoms with E-state index in [-0.39, 0.29) is 12.5 Å². The highest BCUT2D eigenvalue weighted by Crippen LogP contribution is 2.37. The highest BCUT2D eigenvalue weighted by molar-refractivity contribution is 6.00. The SMILES string of the molecule is CN1C(=O)CCc2cccc(-c3cncc(CNC(=O)C(C)(C)O)c3)c21. The van der Waals surface area contributed by atoms with Gasteiger partial charge in [0.05, 0.1) is 5.69 Å². The van der Waals surface area contributed by atoms with Gasteiger partial charge in [0.15, 0.2) is 0 Å². The third-order valence-electron chi connectivity index (χ3n) is 4.55. The lowest BCUT2D eigenvalue weighted by Gasteiger charge is -2.28. The van der Waals surface area contributed by atoms with Gasteiger partial charge >= 0.3 is 0 Å². The van der Waals surface area contributed by atoms with Crippen LogP contribution in [0.1, 0.15) is 31.4 Å². The summed E-state index contributed by atoms with van der Waals surface area (Å²) in [6, 6.07) is 7.95. The summed E-state index contributed by atoms with van der Waals surface area (Å²) in [6.07, 6.45) is 4.69. The van der Waals surface area contributed by atoms with Crippen molar-refractivity contribution in [3.8, 4) is 11.1 Å². The average molecular weight is 353 g/mol. The summed E-state index contributed by atoms with van der Waals surface area (Å²) in [5.41, 5.74) is 3.29. The van der Waals surface area contributed by atoms with E-state index in [4.69, 9.17) is 0 Å². The average Bonchev–Trinajstić information content (AvgIpc) is 2.62. The van der Waals surface area contributed by atoms with E-state index in [1.807, 2.05) is 24.3 Å². The van der Waals surface area contributed by atoms with Gasteiger partial charge < -0.3 is 15.3 Å².